The monoisotopic (exact) mass is 297 g/mol. The second-order valence-corrected chi connectivity index (χ2v) is 6.47. The lowest BCUT2D eigenvalue weighted by Gasteiger charge is -2.24. The molecule has 0 saturated carbocycles. The van der Waals surface area contributed by atoms with Gasteiger partial charge >= 0.3 is 6.09 Å². The van der Waals surface area contributed by atoms with Crippen LogP contribution in [-0.4, -0.2) is 34.8 Å². The highest BCUT2D eigenvalue weighted by molar-refractivity contribution is 6.32. The first-order chi connectivity index (χ1) is 9.28. The number of aromatic hydroxyl groups is 1. The number of carbonyl (C=O) groups excluding carboxylic acids is 1. The van der Waals surface area contributed by atoms with Crippen LogP contribution < -0.4 is 0 Å². The smallest absolute Gasteiger partial charge is 0.410 e. The van der Waals surface area contributed by atoms with E-state index < -0.39 is 5.60 Å². The zero-order valence-electron chi connectivity index (χ0n) is 12.0. The van der Waals surface area contributed by atoms with Gasteiger partial charge < -0.3 is 14.7 Å². The third-order valence-corrected chi connectivity index (χ3v) is 3.70. The summed E-state index contributed by atoms with van der Waals surface area (Å²) in [6.45, 7) is 6.77. The van der Waals surface area contributed by atoms with E-state index in [0.29, 0.717) is 18.1 Å². The van der Waals surface area contributed by atoms with Crippen molar-refractivity contribution in [1.82, 2.24) is 4.90 Å². The van der Waals surface area contributed by atoms with E-state index in [0.717, 1.165) is 12.0 Å². The van der Waals surface area contributed by atoms with Crippen molar-refractivity contribution >= 4 is 17.7 Å². The van der Waals surface area contributed by atoms with E-state index in [4.69, 9.17) is 16.3 Å². The molecule has 20 heavy (non-hydrogen) atoms. The van der Waals surface area contributed by atoms with E-state index in [1.54, 1.807) is 17.0 Å². The molecule has 5 heteroatoms. The topological polar surface area (TPSA) is 49.8 Å². The fourth-order valence-corrected chi connectivity index (χ4v) is 2.64. The third-order valence-electron chi connectivity index (χ3n) is 3.29. The molecule has 1 atom stereocenters. The molecule has 0 aromatic heterocycles. The van der Waals surface area contributed by atoms with E-state index in [1.165, 1.54) is 0 Å². The normalized spacial score (nSPS) is 19.2. The molecule has 110 valence electrons. The van der Waals surface area contributed by atoms with Crippen molar-refractivity contribution in [2.75, 3.05) is 13.1 Å². The highest BCUT2D eigenvalue weighted by atomic mass is 35.5. The van der Waals surface area contributed by atoms with Crippen molar-refractivity contribution < 1.29 is 14.6 Å². The van der Waals surface area contributed by atoms with Gasteiger partial charge in [-0.2, -0.15) is 0 Å². The lowest BCUT2D eigenvalue weighted by atomic mass is 9.98. The Hall–Kier alpha value is -1.42. The lowest BCUT2D eigenvalue weighted by Crippen LogP contribution is -2.35. The molecule has 1 aliphatic heterocycles. The van der Waals surface area contributed by atoms with Gasteiger partial charge in [0.15, 0.2) is 0 Å². The van der Waals surface area contributed by atoms with Gasteiger partial charge in [-0.15, -0.1) is 0 Å². The summed E-state index contributed by atoms with van der Waals surface area (Å²) in [4.78, 5) is 13.7. The molecule has 2 rings (SSSR count). The van der Waals surface area contributed by atoms with E-state index in [2.05, 4.69) is 0 Å². The second-order valence-electron chi connectivity index (χ2n) is 6.09. The van der Waals surface area contributed by atoms with Crippen molar-refractivity contribution in [3.8, 4) is 5.75 Å². The van der Waals surface area contributed by atoms with Crippen LogP contribution in [0.3, 0.4) is 0 Å². The van der Waals surface area contributed by atoms with E-state index in [9.17, 15) is 9.90 Å². The van der Waals surface area contributed by atoms with Gasteiger partial charge in [0.25, 0.3) is 0 Å². The van der Waals surface area contributed by atoms with Crippen LogP contribution in [0.1, 0.15) is 38.7 Å². The predicted octanol–water partition coefficient (Wildman–Crippen LogP) is 3.77. The summed E-state index contributed by atoms with van der Waals surface area (Å²) < 4.78 is 5.36. The summed E-state index contributed by atoms with van der Waals surface area (Å²) in [5.41, 5.74) is 0.399. The average Bonchev–Trinajstić information content (AvgIpc) is 2.80. The molecule has 1 heterocycles. The molecule has 0 spiro atoms. The largest absolute Gasteiger partial charge is 0.506 e. The number of carbonyl (C=O) groups is 1. The summed E-state index contributed by atoms with van der Waals surface area (Å²) >= 11 is 6.12. The van der Waals surface area contributed by atoms with Gasteiger partial charge in [0.05, 0.1) is 5.02 Å². The van der Waals surface area contributed by atoms with Gasteiger partial charge in [0.1, 0.15) is 11.4 Å². The summed E-state index contributed by atoms with van der Waals surface area (Å²) in [7, 11) is 0. The summed E-state index contributed by atoms with van der Waals surface area (Å²) in [6, 6.07) is 5.23. The number of halogens is 1. The van der Waals surface area contributed by atoms with Gasteiger partial charge in [-0.1, -0.05) is 23.7 Å². The molecule has 1 aromatic carbocycles. The van der Waals surface area contributed by atoms with Gasteiger partial charge in [-0.05, 0) is 38.8 Å². The minimum atomic E-state index is -0.488. The molecule has 1 aliphatic rings. The van der Waals surface area contributed by atoms with Crippen molar-refractivity contribution in [1.29, 1.82) is 0 Å². The Morgan fingerprint density at radius 2 is 2.15 bits per heavy atom. The zero-order valence-corrected chi connectivity index (χ0v) is 12.8. The highest BCUT2D eigenvalue weighted by Crippen LogP contribution is 2.36. The minimum Gasteiger partial charge on any atom is -0.506 e. The van der Waals surface area contributed by atoms with Crippen LogP contribution in [0.25, 0.3) is 0 Å². The standard InChI is InChI=1S/C15H20ClNO3/c1-15(2,3)20-14(19)17-8-7-10(9-17)11-5-4-6-12(18)13(11)16/h4-6,10,18H,7-9H2,1-3H3. The molecule has 1 fully saturated rings. The molecule has 4 nitrogen and oxygen atoms in total. The summed E-state index contributed by atoms with van der Waals surface area (Å²) in [5, 5.41) is 10.0. The van der Waals surface area contributed by atoms with Crippen LogP contribution in [-0.2, 0) is 4.74 Å². The SMILES string of the molecule is CC(C)(C)OC(=O)N1CCC(c2cccc(O)c2Cl)C1. The quantitative estimate of drug-likeness (QED) is 0.858. The number of benzene rings is 1. The van der Waals surface area contributed by atoms with Crippen LogP contribution >= 0.6 is 11.6 Å². The van der Waals surface area contributed by atoms with Gasteiger partial charge in [0, 0.05) is 19.0 Å². The maximum absolute atomic E-state index is 12.0. The van der Waals surface area contributed by atoms with Crippen LogP contribution in [0.15, 0.2) is 18.2 Å². The first-order valence-corrected chi connectivity index (χ1v) is 7.11. The fourth-order valence-electron chi connectivity index (χ4n) is 2.36. The van der Waals surface area contributed by atoms with Crippen molar-refractivity contribution in [3.05, 3.63) is 28.8 Å². The number of rotatable bonds is 1. The average molecular weight is 298 g/mol. The molecule has 0 bridgehead atoms. The number of likely N-dealkylation sites (tertiary alicyclic amines) is 1. The van der Waals surface area contributed by atoms with E-state index in [-0.39, 0.29) is 17.8 Å². The highest BCUT2D eigenvalue weighted by Gasteiger charge is 2.31. The third kappa shape index (κ3) is 3.37. The van der Waals surface area contributed by atoms with Crippen molar-refractivity contribution in [2.24, 2.45) is 0 Å². The van der Waals surface area contributed by atoms with Gasteiger partial charge in [-0.3, -0.25) is 0 Å². The number of hydrogen-bond donors (Lipinski definition) is 1. The van der Waals surface area contributed by atoms with Crippen LogP contribution in [0.4, 0.5) is 4.79 Å². The number of amides is 1. The van der Waals surface area contributed by atoms with E-state index >= 15 is 0 Å². The zero-order chi connectivity index (χ0) is 14.9. The minimum absolute atomic E-state index is 0.0832. The molecular formula is C15H20ClNO3. The fraction of sp³-hybridized carbons (Fsp3) is 0.533. The summed E-state index contributed by atoms with van der Waals surface area (Å²) in [5.74, 6) is 0.224. The second kappa shape index (κ2) is 5.52. The maximum atomic E-state index is 12.0. The van der Waals surface area contributed by atoms with Crippen LogP contribution in [0.2, 0.25) is 5.02 Å². The number of ether oxygens (including phenoxy) is 1. The Bertz CT molecular complexity index is 510. The molecule has 1 saturated heterocycles. The first kappa shape index (κ1) is 15.0. The Balaban J connectivity index is 2.06. The molecule has 1 aromatic rings. The lowest BCUT2D eigenvalue weighted by molar-refractivity contribution is 0.0292. The molecule has 1 N–H and O–H groups in total. The number of phenols is 1. The molecule has 1 amide bonds. The summed E-state index contributed by atoms with van der Waals surface area (Å²) in [6.07, 6.45) is 0.527. The molecule has 1 unspecified atom stereocenters. The Morgan fingerprint density at radius 1 is 1.45 bits per heavy atom. The van der Waals surface area contributed by atoms with Crippen molar-refractivity contribution in [2.45, 2.75) is 38.7 Å². The van der Waals surface area contributed by atoms with E-state index in [1.807, 2.05) is 26.8 Å². The van der Waals surface area contributed by atoms with Crippen LogP contribution in [0, 0.1) is 0 Å². The first-order valence-electron chi connectivity index (χ1n) is 6.73. The number of phenolic OH excluding ortho intramolecular Hbond substituents is 1. The molecule has 0 aliphatic carbocycles. The number of nitrogens with zero attached hydrogens (tertiary/aromatic N) is 1. The Morgan fingerprint density at radius 3 is 2.80 bits per heavy atom. The number of hydrogen-bond acceptors (Lipinski definition) is 3. The molecular weight excluding hydrogens is 278 g/mol. The maximum Gasteiger partial charge on any atom is 0.410 e. The Labute approximate surface area is 124 Å². The molecule has 0 radical (unpaired) electrons. The predicted molar refractivity (Wildman–Crippen MR) is 78.3 cm³/mol. The van der Waals surface area contributed by atoms with Gasteiger partial charge in [0.2, 0.25) is 0 Å². The Kier molecular flexibility index (Phi) is 4.14. The van der Waals surface area contributed by atoms with Crippen molar-refractivity contribution in [3.63, 3.8) is 0 Å². The van der Waals surface area contributed by atoms with Gasteiger partial charge in [-0.25, -0.2) is 4.79 Å². The van der Waals surface area contributed by atoms with Crippen LogP contribution in [0.5, 0.6) is 5.75 Å².